The van der Waals surface area contributed by atoms with Crippen LogP contribution in [-0.2, 0) is 12.8 Å². The molecular weight excluding hydrogens is 379 g/mol. The van der Waals surface area contributed by atoms with Crippen LogP contribution in [0.3, 0.4) is 0 Å². The molecule has 2 amide bonds. The normalized spacial score (nSPS) is 16.2. The van der Waals surface area contributed by atoms with Crippen molar-refractivity contribution >= 4 is 51.4 Å². The van der Waals surface area contributed by atoms with Crippen LogP contribution in [0, 0.1) is 5.92 Å². The quantitative estimate of drug-likeness (QED) is 0.782. The zero-order valence-electron chi connectivity index (χ0n) is 13.9. The Morgan fingerprint density at radius 2 is 2.00 bits per heavy atom. The van der Waals surface area contributed by atoms with E-state index in [4.69, 9.17) is 23.2 Å². The largest absolute Gasteiger partial charge is 0.355 e. The molecule has 3 rings (SSSR count). The molecule has 0 fully saturated rings. The highest BCUT2D eigenvalue weighted by Gasteiger charge is 2.28. The van der Waals surface area contributed by atoms with Gasteiger partial charge >= 0.3 is 0 Å². The van der Waals surface area contributed by atoms with Gasteiger partial charge in [-0.2, -0.15) is 0 Å². The highest BCUT2D eigenvalue weighted by Crippen LogP contribution is 2.40. The zero-order valence-corrected chi connectivity index (χ0v) is 16.2. The molecular formula is C18H18Cl2N2O2S. The Hall–Kier alpha value is -1.56. The molecule has 1 aromatic carbocycles. The maximum atomic E-state index is 12.6. The Morgan fingerprint density at radius 1 is 1.24 bits per heavy atom. The fraction of sp³-hybridized carbons (Fsp3) is 0.333. The van der Waals surface area contributed by atoms with Crippen LogP contribution in [0.25, 0.3) is 0 Å². The van der Waals surface area contributed by atoms with E-state index in [0.29, 0.717) is 27.1 Å². The van der Waals surface area contributed by atoms with E-state index in [9.17, 15) is 9.59 Å². The third-order valence-corrected chi connectivity index (χ3v) is 6.09. The number of carbonyl (C=O) groups excluding carboxylic acids is 2. The topological polar surface area (TPSA) is 58.2 Å². The first kappa shape index (κ1) is 18.2. The lowest BCUT2D eigenvalue weighted by Gasteiger charge is -2.18. The van der Waals surface area contributed by atoms with Crippen LogP contribution in [0.4, 0.5) is 5.00 Å². The summed E-state index contributed by atoms with van der Waals surface area (Å²) in [5.74, 6) is 0.0565. The molecule has 1 atom stereocenters. The predicted octanol–water partition coefficient (Wildman–Crippen LogP) is 4.79. The number of rotatable bonds is 3. The molecule has 1 aromatic heterocycles. The summed E-state index contributed by atoms with van der Waals surface area (Å²) < 4.78 is 0. The molecule has 7 heteroatoms. The van der Waals surface area contributed by atoms with E-state index in [-0.39, 0.29) is 16.8 Å². The number of anilines is 1. The first-order valence-electron chi connectivity index (χ1n) is 8.03. The number of halogens is 2. The van der Waals surface area contributed by atoms with Crippen LogP contribution in [-0.4, -0.2) is 18.9 Å². The Bertz CT molecular complexity index is 848. The monoisotopic (exact) mass is 396 g/mol. The first-order chi connectivity index (χ1) is 11.9. The van der Waals surface area contributed by atoms with Crippen LogP contribution in [0.2, 0.25) is 10.0 Å². The number of hydrogen-bond donors (Lipinski definition) is 2. The van der Waals surface area contributed by atoms with Crippen molar-refractivity contribution in [2.75, 3.05) is 12.4 Å². The van der Waals surface area contributed by atoms with Crippen LogP contribution in [0.1, 0.15) is 44.5 Å². The van der Waals surface area contributed by atoms with Gasteiger partial charge in [0.2, 0.25) is 0 Å². The van der Waals surface area contributed by atoms with E-state index in [0.717, 1.165) is 24.8 Å². The second-order valence-electron chi connectivity index (χ2n) is 6.21. The van der Waals surface area contributed by atoms with Crippen molar-refractivity contribution < 1.29 is 9.59 Å². The Balaban J connectivity index is 1.96. The number of thiophene rings is 1. The Kier molecular flexibility index (Phi) is 5.37. The molecule has 0 saturated heterocycles. The molecule has 4 nitrogen and oxygen atoms in total. The second kappa shape index (κ2) is 7.36. The van der Waals surface area contributed by atoms with Gasteiger partial charge in [0.15, 0.2) is 0 Å². The standard InChI is InChI=1S/C18H18Cl2N2O2S/c1-9-3-5-12-14(7-9)25-18(15(12)17(24)21-2)22-16(23)11-6-4-10(19)8-13(11)20/h4,6,8-9H,3,5,7H2,1-2H3,(H,21,24)(H,22,23)/t9-/m0/s1. The number of carbonyl (C=O) groups is 2. The fourth-order valence-corrected chi connectivity index (χ4v) is 4.95. The van der Waals surface area contributed by atoms with E-state index >= 15 is 0 Å². The van der Waals surface area contributed by atoms with Crippen molar-refractivity contribution in [3.8, 4) is 0 Å². The van der Waals surface area contributed by atoms with Crippen molar-refractivity contribution in [1.82, 2.24) is 5.32 Å². The molecule has 0 spiro atoms. The van der Waals surface area contributed by atoms with Gasteiger partial charge < -0.3 is 10.6 Å². The minimum Gasteiger partial charge on any atom is -0.355 e. The molecule has 0 saturated carbocycles. The van der Waals surface area contributed by atoms with Crippen molar-refractivity contribution in [2.45, 2.75) is 26.2 Å². The lowest BCUT2D eigenvalue weighted by molar-refractivity contribution is 0.0963. The Labute approximate surface area is 160 Å². The maximum Gasteiger partial charge on any atom is 0.257 e. The summed E-state index contributed by atoms with van der Waals surface area (Å²) in [6.07, 6.45) is 2.83. The molecule has 0 radical (unpaired) electrons. The number of amides is 2. The summed E-state index contributed by atoms with van der Waals surface area (Å²) in [4.78, 5) is 26.2. The summed E-state index contributed by atoms with van der Waals surface area (Å²) in [5.41, 5.74) is 1.96. The highest BCUT2D eigenvalue weighted by molar-refractivity contribution is 7.17. The van der Waals surface area contributed by atoms with Crippen LogP contribution in [0.5, 0.6) is 0 Å². The van der Waals surface area contributed by atoms with E-state index in [2.05, 4.69) is 17.6 Å². The van der Waals surface area contributed by atoms with Gasteiger partial charge in [-0.25, -0.2) is 0 Å². The molecule has 0 bridgehead atoms. The minimum absolute atomic E-state index is 0.176. The van der Waals surface area contributed by atoms with Gasteiger partial charge in [-0.15, -0.1) is 11.3 Å². The third-order valence-electron chi connectivity index (χ3n) is 4.37. The predicted molar refractivity (Wildman–Crippen MR) is 103 cm³/mol. The molecule has 1 aliphatic carbocycles. The van der Waals surface area contributed by atoms with Crippen LogP contribution >= 0.6 is 34.5 Å². The average Bonchev–Trinajstić information content (AvgIpc) is 2.90. The molecule has 0 aliphatic heterocycles. The molecule has 25 heavy (non-hydrogen) atoms. The van der Waals surface area contributed by atoms with E-state index in [1.807, 2.05) is 0 Å². The minimum atomic E-state index is -0.349. The van der Waals surface area contributed by atoms with Crippen LogP contribution in [0.15, 0.2) is 18.2 Å². The SMILES string of the molecule is CNC(=O)c1c(NC(=O)c2ccc(Cl)cc2Cl)sc2c1CC[C@H](C)C2. The average molecular weight is 397 g/mol. The van der Waals surface area contributed by atoms with Crippen molar-refractivity contribution in [1.29, 1.82) is 0 Å². The molecule has 132 valence electrons. The number of nitrogens with one attached hydrogen (secondary N) is 2. The molecule has 1 heterocycles. The maximum absolute atomic E-state index is 12.6. The van der Waals surface area contributed by atoms with Gasteiger partial charge in [-0.1, -0.05) is 30.1 Å². The lowest BCUT2D eigenvalue weighted by Crippen LogP contribution is -2.22. The van der Waals surface area contributed by atoms with Crippen molar-refractivity contribution in [3.05, 3.63) is 49.8 Å². The van der Waals surface area contributed by atoms with Crippen molar-refractivity contribution in [3.63, 3.8) is 0 Å². The lowest BCUT2D eigenvalue weighted by atomic mass is 9.88. The van der Waals surface area contributed by atoms with Gasteiger partial charge in [0, 0.05) is 16.9 Å². The van der Waals surface area contributed by atoms with Crippen molar-refractivity contribution in [2.24, 2.45) is 5.92 Å². The summed E-state index contributed by atoms with van der Waals surface area (Å²) in [6, 6.07) is 4.72. The first-order valence-corrected chi connectivity index (χ1v) is 9.61. The fourth-order valence-electron chi connectivity index (χ4n) is 3.05. The Morgan fingerprint density at radius 3 is 2.68 bits per heavy atom. The number of benzene rings is 1. The second-order valence-corrected chi connectivity index (χ2v) is 8.16. The van der Waals surface area contributed by atoms with E-state index < -0.39 is 0 Å². The van der Waals surface area contributed by atoms with E-state index in [1.165, 1.54) is 22.3 Å². The summed E-state index contributed by atoms with van der Waals surface area (Å²) in [5, 5.41) is 6.86. The van der Waals surface area contributed by atoms with Gasteiger partial charge in [0.25, 0.3) is 11.8 Å². The zero-order chi connectivity index (χ0) is 18.1. The third kappa shape index (κ3) is 3.68. The van der Waals surface area contributed by atoms with Gasteiger partial charge in [-0.3, -0.25) is 9.59 Å². The van der Waals surface area contributed by atoms with Crippen LogP contribution < -0.4 is 10.6 Å². The molecule has 2 aromatic rings. The summed E-state index contributed by atoms with van der Waals surface area (Å²) >= 11 is 13.5. The molecule has 2 N–H and O–H groups in total. The smallest absolute Gasteiger partial charge is 0.257 e. The summed E-state index contributed by atoms with van der Waals surface area (Å²) in [6.45, 7) is 2.20. The molecule has 0 unspecified atom stereocenters. The van der Waals surface area contributed by atoms with Gasteiger partial charge in [0.1, 0.15) is 5.00 Å². The van der Waals surface area contributed by atoms with E-state index in [1.54, 1.807) is 19.2 Å². The number of fused-ring (bicyclic) bond motifs is 1. The number of hydrogen-bond acceptors (Lipinski definition) is 3. The van der Waals surface area contributed by atoms with Gasteiger partial charge in [-0.05, 0) is 48.9 Å². The summed E-state index contributed by atoms with van der Waals surface area (Å²) in [7, 11) is 1.60. The highest BCUT2D eigenvalue weighted by atomic mass is 35.5. The van der Waals surface area contributed by atoms with Gasteiger partial charge in [0.05, 0.1) is 16.1 Å². The molecule has 1 aliphatic rings.